The summed E-state index contributed by atoms with van der Waals surface area (Å²) in [6.45, 7) is -3.75. The highest BCUT2D eigenvalue weighted by molar-refractivity contribution is 7.92. The molecule has 0 aromatic heterocycles. The quantitative estimate of drug-likeness (QED) is 0.496. The molecular weight excluding hydrogens is 364 g/mol. The molecule has 0 fully saturated rings. The summed E-state index contributed by atoms with van der Waals surface area (Å²) < 4.78 is 107. The lowest BCUT2D eigenvalue weighted by atomic mass is 10.2. The molecule has 0 spiro atoms. The Morgan fingerprint density at radius 3 is 2.00 bits per heavy atom. The fraction of sp³-hybridized carbons (Fsp3) is 0.0769. The number of benzene rings is 2. The molecule has 0 saturated carbocycles. The minimum atomic E-state index is -4.60. The molecule has 0 aliphatic heterocycles. The smallest absolute Gasteiger partial charge is 0.387 e. The Morgan fingerprint density at radius 2 is 1.46 bits per heavy atom. The average molecular weight is 371 g/mol. The zero-order chi connectivity index (χ0) is 18.1. The molecule has 1 N–H and O–H groups in total. The summed E-state index contributed by atoms with van der Waals surface area (Å²) in [5.74, 6) is -11.1. The van der Waals surface area contributed by atoms with Gasteiger partial charge in [-0.3, -0.25) is 4.72 Å². The van der Waals surface area contributed by atoms with Crippen LogP contribution in [0.15, 0.2) is 35.2 Å². The normalized spacial score (nSPS) is 11.6. The van der Waals surface area contributed by atoms with E-state index in [2.05, 4.69) is 4.74 Å². The fourth-order valence-corrected chi connectivity index (χ4v) is 2.77. The molecule has 2 rings (SSSR count). The Hall–Kier alpha value is -2.43. The molecule has 0 heterocycles. The van der Waals surface area contributed by atoms with Crippen LogP contribution in [0, 0.1) is 23.3 Å². The van der Waals surface area contributed by atoms with Crippen molar-refractivity contribution in [2.24, 2.45) is 0 Å². The van der Waals surface area contributed by atoms with E-state index in [-0.39, 0.29) is 0 Å². The predicted molar refractivity (Wildman–Crippen MR) is 70.2 cm³/mol. The molecule has 0 saturated heterocycles. The molecule has 4 nitrogen and oxygen atoms in total. The summed E-state index contributed by atoms with van der Waals surface area (Å²) in [5.41, 5.74) is -1.69. The van der Waals surface area contributed by atoms with E-state index in [0.717, 1.165) is 12.1 Å². The Kier molecular flexibility index (Phi) is 4.92. The first-order valence-corrected chi connectivity index (χ1v) is 7.52. The fourth-order valence-electron chi connectivity index (χ4n) is 1.69. The van der Waals surface area contributed by atoms with Crippen molar-refractivity contribution < 1.29 is 39.5 Å². The highest BCUT2D eigenvalue weighted by atomic mass is 32.2. The third-order valence-corrected chi connectivity index (χ3v) is 4.09. The molecule has 0 unspecified atom stereocenters. The Morgan fingerprint density at radius 1 is 0.875 bits per heavy atom. The number of nitrogens with one attached hydrogen (secondary N) is 1. The summed E-state index contributed by atoms with van der Waals surface area (Å²) in [4.78, 5) is -0.454. The van der Waals surface area contributed by atoms with Crippen LogP contribution in [-0.4, -0.2) is 15.0 Å². The first kappa shape index (κ1) is 17.9. The van der Waals surface area contributed by atoms with Crippen molar-refractivity contribution in [1.82, 2.24) is 0 Å². The molecule has 130 valence electrons. The average Bonchev–Trinajstić information content (AvgIpc) is 2.54. The molecule has 24 heavy (non-hydrogen) atoms. The number of hydrogen-bond acceptors (Lipinski definition) is 3. The van der Waals surface area contributed by atoms with E-state index in [4.69, 9.17) is 0 Å². The second kappa shape index (κ2) is 6.59. The molecule has 0 atom stereocenters. The van der Waals surface area contributed by atoms with Gasteiger partial charge in [-0.25, -0.2) is 21.6 Å². The lowest BCUT2D eigenvalue weighted by molar-refractivity contribution is -0.0550. The van der Waals surface area contributed by atoms with Crippen molar-refractivity contribution in [1.29, 1.82) is 0 Å². The number of sulfonamides is 1. The minimum absolute atomic E-state index is 0.454. The van der Waals surface area contributed by atoms with E-state index in [1.54, 1.807) is 0 Å². The van der Waals surface area contributed by atoms with Crippen LogP contribution >= 0.6 is 0 Å². The van der Waals surface area contributed by atoms with E-state index < -0.39 is 56.2 Å². The maximum atomic E-state index is 13.9. The van der Waals surface area contributed by atoms with Gasteiger partial charge in [0.2, 0.25) is 17.4 Å². The summed E-state index contributed by atoms with van der Waals surface area (Å²) in [7, 11) is -4.60. The number of hydrogen-bond donors (Lipinski definition) is 1. The van der Waals surface area contributed by atoms with Crippen molar-refractivity contribution in [2.45, 2.75) is 11.5 Å². The molecule has 0 bridgehead atoms. The highest BCUT2D eigenvalue weighted by Crippen LogP contribution is 2.35. The Labute approximate surface area is 131 Å². The van der Waals surface area contributed by atoms with Gasteiger partial charge in [-0.05, 0) is 12.1 Å². The van der Waals surface area contributed by atoms with Crippen molar-refractivity contribution in [2.75, 3.05) is 4.72 Å². The Balaban J connectivity index is 2.57. The van der Waals surface area contributed by atoms with Crippen molar-refractivity contribution >= 4 is 15.7 Å². The van der Waals surface area contributed by atoms with Crippen LogP contribution in [0.4, 0.5) is 32.0 Å². The number of alkyl halides is 2. The van der Waals surface area contributed by atoms with Gasteiger partial charge in [0, 0.05) is 0 Å². The van der Waals surface area contributed by atoms with Crippen molar-refractivity contribution in [3.8, 4) is 5.75 Å². The largest absolute Gasteiger partial charge is 0.428 e. The van der Waals surface area contributed by atoms with Gasteiger partial charge in [0.05, 0.1) is 4.90 Å². The second-order valence-corrected chi connectivity index (χ2v) is 5.94. The van der Waals surface area contributed by atoms with Gasteiger partial charge >= 0.3 is 6.61 Å². The topological polar surface area (TPSA) is 55.4 Å². The summed E-state index contributed by atoms with van der Waals surface area (Å²) in [5, 5.41) is 0. The third-order valence-electron chi connectivity index (χ3n) is 2.72. The third kappa shape index (κ3) is 3.40. The lowest BCUT2D eigenvalue weighted by Gasteiger charge is -2.14. The number of rotatable bonds is 5. The van der Waals surface area contributed by atoms with Gasteiger partial charge in [-0.1, -0.05) is 18.2 Å². The maximum absolute atomic E-state index is 13.9. The van der Waals surface area contributed by atoms with Gasteiger partial charge in [0.15, 0.2) is 11.6 Å². The van der Waals surface area contributed by atoms with Gasteiger partial charge in [-0.15, -0.1) is 0 Å². The number of halogens is 6. The number of ether oxygens (including phenoxy) is 1. The molecule has 2 aromatic carbocycles. The Bertz CT molecular complexity index is 858. The van der Waals surface area contributed by atoms with E-state index in [9.17, 15) is 34.8 Å². The molecule has 0 aliphatic rings. The summed E-state index contributed by atoms with van der Waals surface area (Å²) in [6.07, 6.45) is 0. The van der Waals surface area contributed by atoms with Crippen LogP contribution in [0.25, 0.3) is 0 Å². The predicted octanol–water partition coefficient (Wildman–Crippen LogP) is 3.65. The zero-order valence-corrected chi connectivity index (χ0v) is 12.2. The van der Waals surface area contributed by atoms with Crippen molar-refractivity contribution in [3.63, 3.8) is 0 Å². The maximum Gasteiger partial charge on any atom is 0.387 e. The van der Waals surface area contributed by atoms with E-state index in [1.807, 2.05) is 0 Å². The summed E-state index contributed by atoms with van der Waals surface area (Å²) in [6, 6.07) is 6.13. The molecule has 2 aromatic rings. The van der Waals surface area contributed by atoms with Crippen LogP contribution < -0.4 is 9.46 Å². The molecule has 11 heteroatoms. The number of anilines is 1. The standard InChI is InChI=1S/C13H7F6NO3S/c14-7-8(15)11(10(17)12(9(7)16)23-13(18)19)20-24(21,22)6-4-2-1-3-5-6/h1-5,13,20H. The van der Waals surface area contributed by atoms with Gasteiger partial charge in [0.25, 0.3) is 10.0 Å². The van der Waals surface area contributed by atoms with E-state index in [1.165, 1.54) is 22.9 Å². The van der Waals surface area contributed by atoms with Crippen LogP contribution in [-0.2, 0) is 10.0 Å². The van der Waals surface area contributed by atoms with Gasteiger partial charge in [-0.2, -0.15) is 13.2 Å². The highest BCUT2D eigenvalue weighted by Gasteiger charge is 2.30. The molecule has 0 radical (unpaired) electrons. The molecule has 0 amide bonds. The van der Waals surface area contributed by atoms with Crippen LogP contribution in [0.3, 0.4) is 0 Å². The SMILES string of the molecule is O=S(=O)(Nc1c(F)c(F)c(F)c(OC(F)F)c1F)c1ccccc1. The van der Waals surface area contributed by atoms with E-state index in [0.29, 0.717) is 0 Å². The second-order valence-electron chi connectivity index (χ2n) is 4.26. The molecular formula is C13H7F6NO3S. The molecule has 0 aliphatic carbocycles. The van der Waals surface area contributed by atoms with Crippen LogP contribution in [0.2, 0.25) is 0 Å². The van der Waals surface area contributed by atoms with Crippen LogP contribution in [0.5, 0.6) is 5.75 Å². The van der Waals surface area contributed by atoms with E-state index >= 15 is 0 Å². The monoisotopic (exact) mass is 371 g/mol. The zero-order valence-electron chi connectivity index (χ0n) is 11.4. The summed E-state index contributed by atoms with van der Waals surface area (Å²) >= 11 is 0. The first-order valence-electron chi connectivity index (χ1n) is 6.03. The van der Waals surface area contributed by atoms with Gasteiger partial charge < -0.3 is 4.74 Å². The first-order chi connectivity index (χ1) is 11.1. The van der Waals surface area contributed by atoms with Gasteiger partial charge in [0.1, 0.15) is 5.69 Å². The van der Waals surface area contributed by atoms with Crippen LogP contribution in [0.1, 0.15) is 0 Å². The lowest BCUT2D eigenvalue weighted by Crippen LogP contribution is -2.18. The minimum Gasteiger partial charge on any atom is -0.428 e. The van der Waals surface area contributed by atoms with Crippen molar-refractivity contribution in [3.05, 3.63) is 53.6 Å².